The molecule has 3 rings (SSSR count). The Bertz CT molecular complexity index is 766. The first-order valence-electron chi connectivity index (χ1n) is 8.22. The van der Waals surface area contributed by atoms with Crippen molar-refractivity contribution < 1.29 is 9.53 Å². The van der Waals surface area contributed by atoms with Gasteiger partial charge in [0.15, 0.2) is 0 Å². The van der Waals surface area contributed by atoms with Gasteiger partial charge in [0, 0.05) is 19.3 Å². The van der Waals surface area contributed by atoms with E-state index in [0.717, 1.165) is 36.0 Å². The van der Waals surface area contributed by atoms with Gasteiger partial charge >= 0.3 is 6.09 Å². The van der Waals surface area contributed by atoms with E-state index in [2.05, 4.69) is 20.7 Å². The summed E-state index contributed by atoms with van der Waals surface area (Å²) in [6.07, 6.45) is 5.20. The third-order valence-corrected chi connectivity index (χ3v) is 4.48. The molecule has 1 fully saturated rings. The molecule has 0 bridgehead atoms. The Morgan fingerprint density at radius 2 is 2.12 bits per heavy atom. The Morgan fingerprint density at radius 3 is 2.83 bits per heavy atom. The summed E-state index contributed by atoms with van der Waals surface area (Å²) in [6, 6.07) is 0.161. The lowest BCUT2D eigenvalue weighted by Gasteiger charge is -2.34. The van der Waals surface area contributed by atoms with Crippen LogP contribution in [0.3, 0.4) is 0 Å². The van der Waals surface area contributed by atoms with Crippen LogP contribution in [0.2, 0.25) is 5.15 Å². The molecule has 1 atom stereocenters. The molecule has 2 aromatic heterocycles. The number of carbonyl (C=O) groups excluding carboxylic acids is 1. The lowest BCUT2D eigenvalue weighted by molar-refractivity contribution is 0.0174. The molecule has 7 heteroatoms. The first-order valence-corrected chi connectivity index (χ1v) is 8.59. The van der Waals surface area contributed by atoms with Crippen LogP contribution in [0.25, 0.3) is 11.0 Å². The Labute approximate surface area is 146 Å². The van der Waals surface area contributed by atoms with Crippen molar-refractivity contribution in [1.82, 2.24) is 19.4 Å². The molecule has 0 spiro atoms. The average Bonchev–Trinajstić information content (AvgIpc) is 2.84. The van der Waals surface area contributed by atoms with E-state index in [4.69, 9.17) is 16.3 Å². The summed E-state index contributed by atoms with van der Waals surface area (Å²) in [4.78, 5) is 22.6. The van der Waals surface area contributed by atoms with E-state index in [1.807, 2.05) is 27.7 Å². The molecule has 6 nitrogen and oxygen atoms in total. The van der Waals surface area contributed by atoms with Gasteiger partial charge in [-0.3, -0.25) is 0 Å². The standard InChI is InChI=1S/C17H23ClN4O2/c1-11-8-22(15-13(11)14(18)19-10-20-15)12-6-5-7-21(9-12)16(23)24-17(2,3)4/h8,10,12H,5-7,9H2,1-4H3. The highest BCUT2D eigenvalue weighted by Crippen LogP contribution is 2.31. The van der Waals surface area contributed by atoms with Crippen molar-refractivity contribution in [2.75, 3.05) is 13.1 Å². The summed E-state index contributed by atoms with van der Waals surface area (Å²) in [6.45, 7) is 8.98. The summed E-state index contributed by atoms with van der Waals surface area (Å²) in [5, 5.41) is 1.35. The Balaban J connectivity index is 1.86. The predicted octanol–water partition coefficient (Wildman–Crippen LogP) is 3.97. The molecule has 1 unspecified atom stereocenters. The van der Waals surface area contributed by atoms with Crippen molar-refractivity contribution in [3.05, 3.63) is 23.2 Å². The predicted molar refractivity (Wildman–Crippen MR) is 93.4 cm³/mol. The third kappa shape index (κ3) is 3.34. The second-order valence-corrected chi connectivity index (χ2v) is 7.66. The molecule has 130 valence electrons. The minimum absolute atomic E-state index is 0.161. The summed E-state index contributed by atoms with van der Waals surface area (Å²) < 4.78 is 7.62. The number of carbonyl (C=O) groups is 1. The van der Waals surface area contributed by atoms with Gasteiger partial charge in [0.25, 0.3) is 0 Å². The van der Waals surface area contributed by atoms with Crippen molar-refractivity contribution in [3.63, 3.8) is 0 Å². The summed E-state index contributed by atoms with van der Waals surface area (Å²) in [5.41, 5.74) is 1.38. The van der Waals surface area contributed by atoms with Gasteiger partial charge in [0.2, 0.25) is 0 Å². The van der Waals surface area contributed by atoms with E-state index in [-0.39, 0.29) is 12.1 Å². The molecular weight excluding hydrogens is 328 g/mol. The molecule has 0 N–H and O–H groups in total. The number of hydrogen-bond donors (Lipinski definition) is 0. The highest BCUT2D eigenvalue weighted by molar-refractivity contribution is 6.34. The molecule has 0 aromatic carbocycles. The van der Waals surface area contributed by atoms with Crippen molar-refractivity contribution in [3.8, 4) is 0 Å². The fraction of sp³-hybridized carbons (Fsp3) is 0.588. The van der Waals surface area contributed by atoms with Crippen LogP contribution >= 0.6 is 11.6 Å². The van der Waals surface area contributed by atoms with Crippen molar-refractivity contribution in [2.45, 2.75) is 52.2 Å². The van der Waals surface area contributed by atoms with Crippen LogP contribution in [0.4, 0.5) is 4.79 Å². The maximum absolute atomic E-state index is 12.4. The van der Waals surface area contributed by atoms with Gasteiger partial charge < -0.3 is 14.2 Å². The molecule has 1 saturated heterocycles. The van der Waals surface area contributed by atoms with E-state index in [9.17, 15) is 4.79 Å². The first-order chi connectivity index (χ1) is 11.3. The zero-order valence-corrected chi connectivity index (χ0v) is 15.3. The molecule has 3 heterocycles. The minimum atomic E-state index is -0.485. The number of piperidine rings is 1. The van der Waals surface area contributed by atoms with E-state index in [1.165, 1.54) is 6.33 Å². The number of aromatic nitrogens is 3. The largest absolute Gasteiger partial charge is 0.444 e. The summed E-state index contributed by atoms with van der Waals surface area (Å²) in [5.74, 6) is 0. The molecule has 1 amide bonds. The molecule has 1 aliphatic heterocycles. The first kappa shape index (κ1) is 17.0. The zero-order valence-electron chi connectivity index (χ0n) is 14.5. The Morgan fingerprint density at radius 1 is 1.38 bits per heavy atom. The lowest BCUT2D eigenvalue weighted by Crippen LogP contribution is -2.43. The highest BCUT2D eigenvalue weighted by atomic mass is 35.5. The third-order valence-electron chi connectivity index (χ3n) is 4.19. The SMILES string of the molecule is Cc1cn(C2CCCN(C(=O)OC(C)(C)C)C2)c2ncnc(Cl)c12. The van der Waals surface area contributed by atoms with E-state index in [0.29, 0.717) is 11.7 Å². The van der Waals surface area contributed by atoms with Crippen LogP contribution in [0.15, 0.2) is 12.5 Å². The maximum Gasteiger partial charge on any atom is 0.410 e. The number of aryl methyl sites for hydroxylation is 1. The van der Waals surface area contributed by atoms with E-state index < -0.39 is 5.60 Å². The topological polar surface area (TPSA) is 60.2 Å². The van der Waals surface area contributed by atoms with Gasteiger partial charge in [-0.1, -0.05) is 11.6 Å². The van der Waals surface area contributed by atoms with Crippen LogP contribution in [0, 0.1) is 6.92 Å². The number of fused-ring (bicyclic) bond motifs is 1. The second kappa shape index (κ2) is 6.24. The number of halogens is 1. The normalized spacial score (nSPS) is 18.9. The van der Waals surface area contributed by atoms with Gasteiger partial charge in [0.1, 0.15) is 22.7 Å². The van der Waals surface area contributed by atoms with Gasteiger partial charge in [0.05, 0.1) is 11.4 Å². The summed E-state index contributed by atoms with van der Waals surface area (Å²) >= 11 is 6.22. The van der Waals surface area contributed by atoms with Crippen LogP contribution in [-0.4, -0.2) is 44.2 Å². The average molecular weight is 351 g/mol. The number of ether oxygens (including phenoxy) is 1. The monoisotopic (exact) mass is 350 g/mol. The number of amides is 1. The Hall–Kier alpha value is -1.82. The molecule has 0 radical (unpaired) electrons. The minimum Gasteiger partial charge on any atom is -0.444 e. The lowest BCUT2D eigenvalue weighted by atomic mass is 10.1. The number of rotatable bonds is 1. The zero-order chi connectivity index (χ0) is 17.5. The van der Waals surface area contributed by atoms with Crippen LogP contribution in [-0.2, 0) is 4.74 Å². The second-order valence-electron chi connectivity index (χ2n) is 7.30. The van der Waals surface area contributed by atoms with Crippen LogP contribution < -0.4 is 0 Å². The van der Waals surface area contributed by atoms with E-state index in [1.54, 1.807) is 4.90 Å². The van der Waals surface area contributed by atoms with Crippen molar-refractivity contribution in [2.24, 2.45) is 0 Å². The van der Waals surface area contributed by atoms with Gasteiger partial charge in [-0.2, -0.15) is 0 Å². The van der Waals surface area contributed by atoms with Gasteiger partial charge in [-0.25, -0.2) is 14.8 Å². The van der Waals surface area contributed by atoms with Crippen molar-refractivity contribution >= 4 is 28.7 Å². The van der Waals surface area contributed by atoms with Crippen LogP contribution in [0.1, 0.15) is 45.2 Å². The quantitative estimate of drug-likeness (QED) is 0.730. The van der Waals surface area contributed by atoms with E-state index >= 15 is 0 Å². The number of hydrogen-bond acceptors (Lipinski definition) is 4. The molecule has 0 saturated carbocycles. The molecule has 0 aliphatic carbocycles. The fourth-order valence-corrected chi connectivity index (χ4v) is 3.45. The highest BCUT2D eigenvalue weighted by Gasteiger charge is 2.29. The molecule has 24 heavy (non-hydrogen) atoms. The van der Waals surface area contributed by atoms with Gasteiger partial charge in [-0.15, -0.1) is 0 Å². The molecule has 1 aliphatic rings. The van der Waals surface area contributed by atoms with Crippen LogP contribution in [0.5, 0.6) is 0 Å². The number of likely N-dealkylation sites (tertiary alicyclic amines) is 1. The van der Waals surface area contributed by atoms with Gasteiger partial charge in [-0.05, 0) is 46.1 Å². The summed E-state index contributed by atoms with van der Waals surface area (Å²) in [7, 11) is 0. The Kier molecular flexibility index (Phi) is 4.42. The molecular formula is C17H23ClN4O2. The maximum atomic E-state index is 12.4. The smallest absolute Gasteiger partial charge is 0.410 e. The fourth-order valence-electron chi connectivity index (χ4n) is 3.18. The molecule has 2 aromatic rings. The number of nitrogens with zero attached hydrogens (tertiary/aromatic N) is 4. The van der Waals surface area contributed by atoms with Crippen molar-refractivity contribution in [1.29, 1.82) is 0 Å².